The van der Waals surface area contributed by atoms with Crippen LogP contribution in [-0.2, 0) is 0 Å². The van der Waals surface area contributed by atoms with Crippen molar-refractivity contribution in [2.45, 2.75) is 0 Å². The SMILES string of the molecule is CN(C)c1ccc2[nH]c(-c3cnccn3)nc2n1. The highest BCUT2D eigenvalue weighted by atomic mass is 15.2. The van der Waals surface area contributed by atoms with Gasteiger partial charge in [0.15, 0.2) is 11.5 Å². The third-order valence-corrected chi connectivity index (χ3v) is 2.60. The lowest BCUT2D eigenvalue weighted by molar-refractivity contribution is 1.08. The summed E-state index contributed by atoms with van der Waals surface area (Å²) in [4.78, 5) is 22.2. The Morgan fingerprint density at radius 1 is 1.11 bits per heavy atom. The number of imidazole rings is 1. The van der Waals surface area contributed by atoms with E-state index in [0.717, 1.165) is 11.3 Å². The standard InChI is InChI=1S/C12H12N6/c1-18(2)10-4-3-8-11(16-10)17-12(15-8)9-7-13-5-6-14-9/h3-7H,1-2H3,(H,15,16,17). The molecule has 0 aliphatic rings. The lowest BCUT2D eigenvalue weighted by Crippen LogP contribution is -2.10. The molecule has 0 radical (unpaired) electrons. The molecule has 0 unspecified atom stereocenters. The first-order valence-corrected chi connectivity index (χ1v) is 5.54. The number of hydrogen-bond donors (Lipinski definition) is 1. The molecule has 18 heavy (non-hydrogen) atoms. The van der Waals surface area contributed by atoms with E-state index < -0.39 is 0 Å². The minimum absolute atomic E-state index is 0.682. The Labute approximate surface area is 104 Å². The van der Waals surface area contributed by atoms with E-state index in [-0.39, 0.29) is 0 Å². The van der Waals surface area contributed by atoms with E-state index in [1.807, 2.05) is 31.1 Å². The third kappa shape index (κ3) is 1.77. The van der Waals surface area contributed by atoms with Crippen molar-refractivity contribution >= 4 is 17.0 Å². The van der Waals surface area contributed by atoms with Crippen molar-refractivity contribution in [2.75, 3.05) is 19.0 Å². The van der Waals surface area contributed by atoms with Crippen LogP contribution in [0.1, 0.15) is 0 Å². The van der Waals surface area contributed by atoms with Gasteiger partial charge < -0.3 is 9.88 Å². The van der Waals surface area contributed by atoms with Crippen LogP contribution < -0.4 is 4.90 Å². The Bertz CT molecular complexity index is 673. The zero-order chi connectivity index (χ0) is 12.5. The van der Waals surface area contributed by atoms with Gasteiger partial charge in [-0.3, -0.25) is 4.98 Å². The average molecular weight is 240 g/mol. The van der Waals surface area contributed by atoms with E-state index >= 15 is 0 Å². The monoisotopic (exact) mass is 240 g/mol. The Morgan fingerprint density at radius 3 is 2.72 bits per heavy atom. The molecule has 6 heteroatoms. The molecule has 3 aromatic heterocycles. The van der Waals surface area contributed by atoms with Gasteiger partial charge in [-0.25, -0.2) is 15.0 Å². The number of nitrogens with zero attached hydrogens (tertiary/aromatic N) is 5. The van der Waals surface area contributed by atoms with Gasteiger partial charge in [-0.2, -0.15) is 0 Å². The zero-order valence-electron chi connectivity index (χ0n) is 10.1. The van der Waals surface area contributed by atoms with Gasteiger partial charge in [-0.15, -0.1) is 0 Å². The summed E-state index contributed by atoms with van der Waals surface area (Å²) in [5, 5.41) is 0. The van der Waals surface area contributed by atoms with Gasteiger partial charge in [0.25, 0.3) is 0 Å². The average Bonchev–Trinajstić information content (AvgIpc) is 2.82. The van der Waals surface area contributed by atoms with Crippen LogP contribution in [0.5, 0.6) is 0 Å². The van der Waals surface area contributed by atoms with Crippen molar-refractivity contribution < 1.29 is 0 Å². The first-order chi connectivity index (χ1) is 8.74. The van der Waals surface area contributed by atoms with Gasteiger partial charge >= 0.3 is 0 Å². The summed E-state index contributed by atoms with van der Waals surface area (Å²) in [6, 6.07) is 3.91. The largest absolute Gasteiger partial charge is 0.363 e. The Kier molecular flexibility index (Phi) is 2.40. The van der Waals surface area contributed by atoms with Gasteiger partial charge in [-0.1, -0.05) is 0 Å². The molecule has 0 atom stereocenters. The summed E-state index contributed by atoms with van der Waals surface area (Å²) >= 11 is 0. The normalized spacial score (nSPS) is 10.8. The molecule has 0 spiro atoms. The van der Waals surface area contributed by atoms with Gasteiger partial charge in [0.05, 0.1) is 11.7 Å². The molecule has 0 saturated heterocycles. The van der Waals surface area contributed by atoms with Crippen LogP contribution in [0.4, 0.5) is 5.82 Å². The molecule has 3 heterocycles. The first kappa shape index (κ1) is 10.6. The number of aromatic amines is 1. The van der Waals surface area contributed by atoms with E-state index in [1.165, 1.54) is 0 Å². The van der Waals surface area contributed by atoms with Crippen molar-refractivity contribution in [3.8, 4) is 11.5 Å². The maximum Gasteiger partial charge on any atom is 0.180 e. The molecule has 0 saturated carbocycles. The van der Waals surface area contributed by atoms with Crippen molar-refractivity contribution in [1.29, 1.82) is 0 Å². The maximum atomic E-state index is 4.46. The van der Waals surface area contributed by atoms with Crippen molar-refractivity contribution in [3.05, 3.63) is 30.7 Å². The minimum Gasteiger partial charge on any atom is -0.363 e. The van der Waals surface area contributed by atoms with E-state index in [2.05, 4.69) is 24.9 Å². The van der Waals surface area contributed by atoms with Crippen LogP contribution >= 0.6 is 0 Å². The van der Waals surface area contributed by atoms with Crippen LogP contribution in [0.15, 0.2) is 30.7 Å². The minimum atomic E-state index is 0.682. The lowest BCUT2D eigenvalue weighted by Gasteiger charge is -2.09. The van der Waals surface area contributed by atoms with Gasteiger partial charge in [0.2, 0.25) is 0 Å². The second-order valence-electron chi connectivity index (χ2n) is 4.11. The summed E-state index contributed by atoms with van der Waals surface area (Å²) < 4.78 is 0. The van der Waals surface area contributed by atoms with Crippen molar-refractivity contribution in [1.82, 2.24) is 24.9 Å². The van der Waals surface area contributed by atoms with Crippen molar-refractivity contribution in [2.24, 2.45) is 0 Å². The number of H-pyrrole nitrogens is 1. The molecule has 1 N–H and O–H groups in total. The molecule has 0 aliphatic heterocycles. The van der Waals surface area contributed by atoms with E-state index in [9.17, 15) is 0 Å². The molecule has 3 rings (SSSR count). The fourth-order valence-electron chi connectivity index (χ4n) is 1.67. The Balaban J connectivity index is 2.11. The highest BCUT2D eigenvalue weighted by Crippen LogP contribution is 2.19. The second-order valence-corrected chi connectivity index (χ2v) is 4.11. The zero-order valence-corrected chi connectivity index (χ0v) is 10.1. The highest BCUT2D eigenvalue weighted by Gasteiger charge is 2.08. The third-order valence-electron chi connectivity index (χ3n) is 2.60. The predicted molar refractivity (Wildman–Crippen MR) is 69.2 cm³/mol. The van der Waals surface area contributed by atoms with E-state index in [0.29, 0.717) is 17.2 Å². The molecule has 0 fully saturated rings. The van der Waals surface area contributed by atoms with Gasteiger partial charge in [-0.05, 0) is 12.1 Å². The van der Waals surface area contributed by atoms with Crippen LogP contribution in [0.3, 0.4) is 0 Å². The topological polar surface area (TPSA) is 70.6 Å². The van der Waals surface area contributed by atoms with Gasteiger partial charge in [0, 0.05) is 26.5 Å². The Hall–Kier alpha value is -2.50. The van der Waals surface area contributed by atoms with Crippen LogP contribution in [0.2, 0.25) is 0 Å². The van der Waals surface area contributed by atoms with Crippen LogP contribution in [0.25, 0.3) is 22.7 Å². The molecular weight excluding hydrogens is 228 g/mol. The number of nitrogens with one attached hydrogen (secondary N) is 1. The molecule has 0 amide bonds. The quantitative estimate of drug-likeness (QED) is 0.734. The number of pyridine rings is 1. The molecular formula is C12H12N6. The molecule has 0 aromatic carbocycles. The summed E-state index contributed by atoms with van der Waals surface area (Å²) in [6.07, 6.45) is 4.94. The highest BCUT2D eigenvalue weighted by molar-refractivity contribution is 5.76. The second kappa shape index (κ2) is 4.06. The van der Waals surface area contributed by atoms with Crippen molar-refractivity contribution in [3.63, 3.8) is 0 Å². The van der Waals surface area contributed by atoms with Crippen LogP contribution in [0, 0.1) is 0 Å². The molecule has 0 bridgehead atoms. The summed E-state index contributed by atoms with van der Waals surface area (Å²) in [5.41, 5.74) is 2.28. The summed E-state index contributed by atoms with van der Waals surface area (Å²) in [6.45, 7) is 0. The number of rotatable bonds is 2. The number of fused-ring (bicyclic) bond motifs is 1. The number of aromatic nitrogens is 5. The molecule has 90 valence electrons. The smallest absolute Gasteiger partial charge is 0.180 e. The van der Waals surface area contributed by atoms with Gasteiger partial charge in [0.1, 0.15) is 11.5 Å². The number of hydrogen-bond acceptors (Lipinski definition) is 5. The fraction of sp³-hybridized carbons (Fsp3) is 0.167. The Morgan fingerprint density at radius 2 is 2.00 bits per heavy atom. The van der Waals surface area contributed by atoms with E-state index in [4.69, 9.17) is 0 Å². The molecule has 3 aromatic rings. The molecule has 6 nitrogen and oxygen atoms in total. The first-order valence-electron chi connectivity index (χ1n) is 5.54. The fourth-order valence-corrected chi connectivity index (χ4v) is 1.67. The summed E-state index contributed by atoms with van der Waals surface area (Å²) in [5.74, 6) is 1.56. The number of anilines is 1. The lowest BCUT2D eigenvalue weighted by atomic mass is 10.4. The summed E-state index contributed by atoms with van der Waals surface area (Å²) in [7, 11) is 3.90. The van der Waals surface area contributed by atoms with Crippen LogP contribution in [-0.4, -0.2) is 39.0 Å². The van der Waals surface area contributed by atoms with E-state index in [1.54, 1.807) is 18.6 Å². The predicted octanol–water partition coefficient (Wildman–Crippen LogP) is 1.48. The maximum absolute atomic E-state index is 4.46. The molecule has 0 aliphatic carbocycles.